The molecule has 0 amide bonds. The van der Waals surface area contributed by atoms with Crippen LogP contribution in [-0.4, -0.2) is 18.2 Å². The van der Waals surface area contributed by atoms with Crippen molar-refractivity contribution in [1.29, 1.82) is 0 Å². The van der Waals surface area contributed by atoms with Crippen molar-refractivity contribution < 1.29 is 4.74 Å². The highest BCUT2D eigenvalue weighted by Crippen LogP contribution is 2.38. The molecule has 0 heterocycles. The normalized spacial score (nSPS) is 27.5. The van der Waals surface area contributed by atoms with Crippen LogP contribution in [0.2, 0.25) is 0 Å². The molecule has 21 heavy (non-hydrogen) atoms. The summed E-state index contributed by atoms with van der Waals surface area (Å²) in [5.74, 6) is 0.721. The molecule has 0 spiro atoms. The topological polar surface area (TPSA) is 35.2 Å². The van der Waals surface area contributed by atoms with E-state index in [2.05, 4.69) is 45.0 Å². The fourth-order valence-corrected chi connectivity index (χ4v) is 3.76. The molecule has 1 saturated carbocycles. The van der Waals surface area contributed by atoms with Crippen molar-refractivity contribution in [2.75, 3.05) is 6.61 Å². The van der Waals surface area contributed by atoms with Gasteiger partial charge in [0.05, 0.1) is 5.60 Å². The smallest absolute Gasteiger partial charge is 0.0838 e. The summed E-state index contributed by atoms with van der Waals surface area (Å²) in [6, 6.07) is 8.99. The first-order valence-electron chi connectivity index (χ1n) is 8.57. The highest BCUT2D eigenvalue weighted by atomic mass is 16.5. The molecule has 0 saturated heterocycles. The molecule has 1 aliphatic rings. The fraction of sp³-hybridized carbons (Fsp3) is 0.684. The van der Waals surface area contributed by atoms with Crippen LogP contribution >= 0.6 is 0 Å². The summed E-state index contributed by atoms with van der Waals surface area (Å²) in [5.41, 5.74) is 9.21. The Bertz CT molecular complexity index is 424. The zero-order chi connectivity index (χ0) is 15.3. The molecule has 0 aliphatic heterocycles. The van der Waals surface area contributed by atoms with Crippen LogP contribution in [0.5, 0.6) is 0 Å². The molecular formula is C19H31NO. The predicted molar refractivity (Wildman–Crippen MR) is 89.5 cm³/mol. The van der Waals surface area contributed by atoms with Gasteiger partial charge in [-0.1, -0.05) is 51.0 Å². The maximum Gasteiger partial charge on any atom is 0.0838 e. The SMILES string of the molecule is CCOC1(C(N)Cc2ccc(CC)cc2)CCCC(C)C1. The Labute approximate surface area is 130 Å². The number of benzene rings is 1. The van der Waals surface area contributed by atoms with Crippen LogP contribution < -0.4 is 5.73 Å². The van der Waals surface area contributed by atoms with Gasteiger partial charge in [-0.25, -0.2) is 0 Å². The Morgan fingerprint density at radius 2 is 1.90 bits per heavy atom. The van der Waals surface area contributed by atoms with Gasteiger partial charge in [-0.05, 0) is 49.7 Å². The van der Waals surface area contributed by atoms with E-state index in [1.807, 2.05) is 0 Å². The first kappa shape index (κ1) is 16.5. The van der Waals surface area contributed by atoms with Crippen molar-refractivity contribution in [2.24, 2.45) is 11.7 Å². The standard InChI is InChI=1S/C19H31NO/c1-4-16-8-10-17(11-9-16)13-18(20)19(21-5-2)12-6-7-15(3)14-19/h8-11,15,18H,4-7,12-14,20H2,1-3H3. The van der Waals surface area contributed by atoms with E-state index in [1.165, 1.54) is 24.0 Å². The van der Waals surface area contributed by atoms with Crippen molar-refractivity contribution in [1.82, 2.24) is 0 Å². The molecule has 1 aromatic rings. The molecule has 2 N–H and O–H groups in total. The highest BCUT2D eigenvalue weighted by molar-refractivity contribution is 5.23. The van der Waals surface area contributed by atoms with Gasteiger partial charge < -0.3 is 10.5 Å². The average molecular weight is 289 g/mol. The predicted octanol–water partition coefficient (Wildman–Crippen LogP) is 4.10. The van der Waals surface area contributed by atoms with Gasteiger partial charge in [0.1, 0.15) is 0 Å². The van der Waals surface area contributed by atoms with Crippen molar-refractivity contribution >= 4 is 0 Å². The second-order valence-electron chi connectivity index (χ2n) is 6.68. The van der Waals surface area contributed by atoms with Gasteiger partial charge >= 0.3 is 0 Å². The molecule has 118 valence electrons. The minimum atomic E-state index is -0.115. The summed E-state index contributed by atoms with van der Waals surface area (Å²) in [7, 11) is 0. The van der Waals surface area contributed by atoms with Gasteiger partial charge in [-0.3, -0.25) is 0 Å². The summed E-state index contributed by atoms with van der Waals surface area (Å²) in [4.78, 5) is 0. The Kier molecular flexibility index (Phi) is 5.83. The van der Waals surface area contributed by atoms with Gasteiger partial charge in [0.25, 0.3) is 0 Å². The van der Waals surface area contributed by atoms with Crippen LogP contribution in [0.3, 0.4) is 0 Å². The lowest BCUT2D eigenvalue weighted by molar-refractivity contribution is -0.0925. The molecule has 0 bridgehead atoms. The van der Waals surface area contributed by atoms with Gasteiger partial charge in [0.2, 0.25) is 0 Å². The Morgan fingerprint density at radius 1 is 1.24 bits per heavy atom. The Morgan fingerprint density at radius 3 is 2.48 bits per heavy atom. The molecule has 1 aromatic carbocycles. The molecule has 3 atom stereocenters. The van der Waals surface area contributed by atoms with E-state index in [1.54, 1.807) is 0 Å². The zero-order valence-electron chi connectivity index (χ0n) is 13.9. The van der Waals surface area contributed by atoms with Crippen LogP contribution in [0.4, 0.5) is 0 Å². The minimum Gasteiger partial charge on any atom is -0.374 e. The largest absolute Gasteiger partial charge is 0.374 e. The van der Waals surface area contributed by atoms with E-state index >= 15 is 0 Å². The number of aryl methyl sites for hydroxylation is 1. The van der Waals surface area contributed by atoms with Crippen LogP contribution in [0.25, 0.3) is 0 Å². The third kappa shape index (κ3) is 4.08. The van der Waals surface area contributed by atoms with Crippen LogP contribution in [-0.2, 0) is 17.6 Å². The average Bonchev–Trinajstić information content (AvgIpc) is 2.48. The zero-order valence-corrected chi connectivity index (χ0v) is 13.9. The van der Waals surface area contributed by atoms with Crippen molar-refractivity contribution in [3.05, 3.63) is 35.4 Å². The number of rotatable bonds is 6. The van der Waals surface area contributed by atoms with E-state index in [9.17, 15) is 0 Å². The monoisotopic (exact) mass is 289 g/mol. The molecule has 0 aromatic heterocycles. The van der Waals surface area contributed by atoms with Gasteiger partial charge in [-0.2, -0.15) is 0 Å². The van der Waals surface area contributed by atoms with Crippen LogP contribution in [0.15, 0.2) is 24.3 Å². The fourth-order valence-electron chi connectivity index (χ4n) is 3.76. The van der Waals surface area contributed by atoms with Gasteiger partial charge in [0, 0.05) is 12.6 Å². The van der Waals surface area contributed by atoms with E-state index < -0.39 is 0 Å². The highest BCUT2D eigenvalue weighted by Gasteiger charge is 2.40. The van der Waals surface area contributed by atoms with Crippen LogP contribution in [0.1, 0.15) is 57.6 Å². The van der Waals surface area contributed by atoms with E-state index in [-0.39, 0.29) is 11.6 Å². The number of hydrogen-bond acceptors (Lipinski definition) is 2. The van der Waals surface area contributed by atoms with E-state index in [0.29, 0.717) is 0 Å². The van der Waals surface area contributed by atoms with Gasteiger partial charge in [0.15, 0.2) is 0 Å². The summed E-state index contributed by atoms with van der Waals surface area (Å²) >= 11 is 0. The molecule has 3 unspecified atom stereocenters. The second-order valence-corrected chi connectivity index (χ2v) is 6.68. The third-order valence-electron chi connectivity index (χ3n) is 4.99. The lowest BCUT2D eigenvalue weighted by atomic mass is 9.73. The second kappa shape index (κ2) is 7.42. The Balaban J connectivity index is 2.08. The minimum absolute atomic E-state index is 0.0904. The van der Waals surface area contributed by atoms with Crippen LogP contribution in [0, 0.1) is 5.92 Å². The van der Waals surface area contributed by atoms with E-state index in [0.717, 1.165) is 38.2 Å². The quantitative estimate of drug-likeness (QED) is 0.855. The van der Waals surface area contributed by atoms with Gasteiger partial charge in [-0.15, -0.1) is 0 Å². The molecule has 0 radical (unpaired) electrons. The molecule has 2 nitrogen and oxygen atoms in total. The third-order valence-corrected chi connectivity index (χ3v) is 4.99. The number of ether oxygens (including phenoxy) is 1. The lowest BCUT2D eigenvalue weighted by Gasteiger charge is -2.44. The maximum atomic E-state index is 6.61. The van der Waals surface area contributed by atoms with Crippen molar-refractivity contribution in [3.8, 4) is 0 Å². The summed E-state index contributed by atoms with van der Waals surface area (Å²) in [6.45, 7) is 7.36. The van der Waals surface area contributed by atoms with E-state index in [4.69, 9.17) is 10.5 Å². The first-order chi connectivity index (χ1) is 10.1. The molecule has 2 rings (SSSR count). The molecule has 1 fully saturated rings. The molecule has 1 aliphatic carbocycles. The summed E-state index contributed by atoms with van der Waals surface area (Å²) in [5, 5.41) is 0. The summed E-state index contributed by atoms with van der Waals surface area (Å²) < 4.78 is 6.19. The Hall–Kier alpha value is -0.860. The van der Waals surface area contributed by atoms with Crippen molar-refractivity contribution in [2.45, 2.75) is 70.9 Å². The molecule has 2 heteroatoms. The number of nitrogens with two attached hydrogens (primary N) is 1. The maximum absolute atomic E-state index is 6.61. The number of hydrogen-bond donors (Lipinski definition) is 1. The molecular weight excluding hydrogens is 258 g/mol. The first-order valence-corrected chi connectivity index (χ1v) is 8.57. The lowest BCUT2D eigenvalue weighted by Crippen LogP contribution is -2.53. The summed E-state index contributed by atoms with van der Waals surface area (Å²) in [6.07, 6.45) is 6.77. The van der Waals surface area contributed by atoms with Crippen molar-refractivity contribution in [3.63, 3.8) is 0 Å².